The van der Waals surface area contributed by atoms with Gasteiger partial charge in [-0.15, -0.1) is 11.3 Å². The summed E-state index contributed by atoms with van der Waals surface area (Å²) in [5.74, 6) is -0.309. The van der Waals surface area contributed by atoms with E-state index in [2.05, 4.69) is 26.6 Å². The van der Waals surface area contributed by atoms with Gasteiger partial charge in [0.05, 0.1) is 10.3 Å². The number of imide groups is 1. The fourth-order valence-corrected chi connectivity index (χ4v) is 3.03. The summed E-state index contributed by atoms with van der Waals surface area (Å²) in [6.07, 6.45) is 0. The highest BCUT2D eigenvalue weighted by Crippen LogP contribution is 2.22. The van der Waals surface area contributed by atoms with Crippen LogP contribution in [0.15, 0.2) is 15.9 Å². The molecule has 1 rings (SSSR count). The van der Waals surface area contributed by atoms with E-state index in [0.29, 0.717) is 6.54 Å². The van der Waals surface area contributed by atoms with Gasteiger partial charge in [-0.25, -0.2) is 4.79 Å². The first-order valence-corrected chi connectivity index (χ1v) is 7.51. The third-order valence-corrected chi connectivity index (χ3v) is 3.75. The molecule has 0 unspecified atom stereocenters. The van der Waals surface area contributed by atoms with Crippen molar-refractivity contribution in [2.24, 2.45) is 0 Å². The highest BCUT2D eigenvalue weighted by molar-refractivity contribution is 9.11. The minimum Gasteiger partial charge on any atom is -0.336 e. The lowest BCUT2D eigenvalue weighted by molar-refractivity contribution is -0.120. The van der Waals surface area contributed by atoms with E-state index in [1.165, 1.54) is 0 Å². The molecule has 0 radical (unpaired) electrons. The fraction of sp³-hybridized carbons (Fsp3) is 0.500. The van der Waals surface area contributed by atoms with E-state index in [0.717, 1.165) is 8.66 Å². The number of halogens is 1. The van der Waals surface area contributed by atoms with Gasteiger partial charge in [-0.1, -0.05) is 0 Å². The number of nitrogens with one attached hydrogen (secondary N) is 2. The molecule has 106 valence electrons. The highest BCUT2D eigenvalue weighted by atomic mass is 79.9. The van der Waals surface area contributed by atoms with E-state index in [-0.39, 0.29) is 18.5 Å². The number of hydrogen-bond acceptors (Lipinski definition) is 4. The van der Waals surface area contributed by atoms with Crippen molar-refractivity contribution in [1.82, 2.24) is 15.5 Å². The van der Waals surface area contributed by atoms with Crippen LogP contribution in [-0.4, -0.2) is 36.5 Å². The number of rotatable bonds is 5. The van der Waals surface area contributed by atoms with Crippen LogP contribution in [0.4, 0.5) is 4.79 Å². The van der Waals surface area contributed by atoms with Gasteiger partial charge < -0.3 is 5.32 Å². The van der Waals surface area contributed by atoms with Crippen molar-refractivity contribution in [3.63, 3.8) is 0 Å². The van der Waals surface area contributed by atoms with Gasteiger partial charge in [-0.2, -0.15) is 0 Å². The van der Waals surface area contributed by atoms with Crippen LogP contribution in [0, 0.1) is 0 Å². The van der Waals surface area contributed by atoms with Gasteiger partial charge in [-0.05, 0) is 49.0 Å². The predicted octanol–water partition coefficient (Wildman–Crippen LogP) is 2.18. The van der Waals surface area contributed by atoms with E-state index in [9.17, 15) is 9.59 Å². The van der Waals surface area contributed by atoms with Crippen LogP contribution in [0.25, 0.3) is 0 Å². The maximum absolute atomic E-state index is 11.6. The van der Waals surface area contributed by atoms with Gasteiger partial charge in [0.25, 0.3) is 0 Å². The molecule has 0 aromatic carbocycles. The first kappa shape index (κ1) is 16.1. The molecule has 0 fully saturated rings. The van der Waals surface area contributed by atoms with Crippen LogP contribution < -0.4 is 10.6 Å². The van der Waals surface area contributed by atoms with Crippen LogP contribution in [0.5, 0.6) is 0 Å². The van der Waals surface area contributed by atoms with E-state index >= 15 is 0 Å². The zero-order chi connectivity index (χ0) is 14.4. The summed E-state index contributed by atoms with van der Waals surface area (Å²) in [5, 5.41) is 4.90. The zero-order valence-electron chi connectivity index (χ0n) is 11.2. The van der Waals surface area contributed by atoms with Crippen LogP contribution >= 0.6 is 27.3 Å². The second-order valence-electron chi connectivity index (χ2n) is 4.55. The fourth-order valence-electron chi connectivity index (χ4n) is 1.47. The normalized spacial score (nSPS) is 10.8. The van der Waals surface area contributed by atoms with Gasteiger partial charge >= 0.3 is 6.03 Å². The Morgan fingerprint density at radius 2 is 2.11 bits per heavy atom. The molecule has 1 heterocycles. The summed E-state index contributed by atoms with van der Waals surface area (Å²) in [5.41, 5.74) is 0. The largest absolute Gasteiger partial charge is 0.336 e. The molecular weight excluding hydrogens is 330 g/mol. The molecule has 7 heteroatoms. The molecule has 0 saturated heterocycles. The molecule has 5 nitrogen and oxygen atoms in total. The smallest absolute Gasteiger partial charge is 0.321 e. The van der Waals surface area contributed by atoms with E-state index in [1.54, 1.807) is 11.3 Å². The number of urea groups is 1. The molecule has 1 aromatic heterocycles. The molecule has 0 saturated carbocycles. The van der Waals surface area contributed by atoms with Crippen LogP contribution in [0.1, 0.15) is 18.7 Å². The molecule has 1 aromatic rings. The lowest BCUT2D eigenvalue weighted by atomic mass is 10.4. The topological polar surface area (TPSA) is 61.4 Å². The average molecular weight is 348 g/mol. The van der Waals surface area contributed by atoms with Gasteiger partial charge in [0.1, 0.15) is 0 Å². The SMILES string of the molecule is CC(C)NC(=O)NC(=O)CN(C)Cc1ccc(Br)s1. The van der Waals surface area contributed by atoms with Gasteiger partial charge in [0, 0.05) is 17.5 Å². The van der Waals surface area contributed by atoms with Crippen LogP contribution in [0.2, 0.25) is 0 Å². The predicted molar refractivity (Wildman–Crippen MR) is 80.2 cm³/mol. The number of thiophene rings is 1. The van der Waals surface area contributed by atoms with Crippen molar-refractivity contribution in [2.75, 3.05) is 13.6 Å². The van der Waals surface area contributed by atoms with Crippen molar-refractivity contribution < 1.29 is 9.59 Å². The zero-order valence-corrected chi connectivity index (χ0v) is 13.6. The average Bonchev–Trinajstić information content (AvgIpc) is 2.61. The van der Waals surface area contributed by atoms with Crippen molar-refractivity contribution in [3.05, 3.63) is 20.8 Å². The lowest BCUT2D eigenvalue weighted by Crippen LogP contribution is -2.45. The summed E-state index contributed by atoms with van der Waals surface area (Å²) in [7, 11) is 1.84. The standard InChI is InChI=1S/C12H18BrN3O2S/c1-8(2)14-12(18)15-11(17)7-16(3)6-9-4-5-10(13)19-9/h4-5,8H,6-7H2,1-3H3,(H2,14,15,17,18). The quantitative estimate of drug-likeness (QED) is 0.857. The molecule has 0 bridgehead atoms. The van der Waals surface area contributed by atoms with E-state index in [1.807, 2.05) is 37.9 Å². The maximum atomic E-state index is 11.6. The molecule has 2 N–H and O–H groups in total. The third-order valence-electron chi connectivity index (χ3n) is 2.14. The van der Waals surface area contributed by atoms with Crippen molar-refractivity contribution in [3.8, 4) is 0 Å². The minimum atomic E-state index is -0.452. The van der Waals surface area contributed by atoms with E-state index < -0.39 is 6.03 Å². The van der Waals surface area contributed by atoms with Gasteiger partial charge in [0.15, 0.2) is 0 Å². The summed E-state index contributed by atoms with van der Waals surface area (Å²) >= 11 is 5.03. The third kappa shape index (κ3) is 6.70. The first-order valence-electron chi connectivity index (χ1n) is 5.90. The summed E-state index contributed by atoms with van der Waals surface area (Å²) in [4.78, 5) is 26.0. The molecule has 0 aliphatic heterocycles. The van der Waals surface area contributed by atoms with Crippen LogP contribution in [0.3, 0.4) is 0 Å². The highest BCUT2D eigenvalue weighted by Gasteiger charge is 2.11. The Kier molecular flexibility index (Phi) is 6.47. The Morgan fingerprint density at radius 3 is 2.63 bits per heavy atom. The van der Waals surface area contributed by atoms with Gasteiger partial charge in [0.2, 0.25) is 5.91 Å². The molecule has 19 heavy (non-hydrogen) atoms. The first-order chi connectivity index (χ1) is 8.86. The summed E-state index contributed by atoms with van der Waals surface area (Å²) in [6, 6.07) is 3.54. The number of likely N-dealkylation sites (N-methyl/N-ethyl adjacent to an activating group) is 1. The van der Waals surface area contributed by atoms with Crippen LogP contribution in [-0.2, 0) is 11.3 Å². The Labute approximate surface area is 125 Å². The Balaban J connectivity index is 2.33. The molecule has 0 spiro atoms. The van der Waals surface area contributed by atoms with Crippen molar-refractivity contribution >= 4 is 39.2 Å². The number of carbonyl (C=O) groups excluding carboxylic acids is 2. The Hall–Kier alpha value is -0.920. The van der Waals surface area contributed by atoms with E-state index in [4.69, 9.17) is 0 Å². The summed E-state index contributed by atoms with van der Waals surface area (Å²) < 4.78 is 1.07. The Morgan fingerprint density at radius 1 is 1.42 bits per heavy atom. The number of amides is 3. The van der Waals surface area contributed by atoms with Crippen molar-refractivity contribution in [2.45, 2.75) is 26.4 Å². The second-order valence-corrected chi connectivity index (χ2v) is 7.10. The molecule has 0 atom stereocenters. The van der Waals surface area contributed by atoms with Gasteiger partial charge in [-0.3, -0.25) is 15.0 Å². The molecular formula is C12H18BrN3O2S. The molecule has 0 aliphatic rings. The number of hydrogen-bond donors (Lipinski definition) is 2. The van der Waals surface area contributed by atoms with Crippen molar-refractivity contribution in [1.29, 1.82) is 0 Å². The second kappa shape index (κ2) is 7.62. The number of nitrogens with zero attached hydrogens (tertiary/aromatic N) is 1. The number of carbonyl (C=O) groups is 2. The molecule has 0 aliphatic carbocycles. The summed E-state index contributed by atoms with van der Waals surface area (Å²) in [6.45, 7) is 4.53. The monoisotopic (exact) mass is 347 g/mol. The Bertz CT molecular complexity index is 448. The molecule has 3 amide bonds. The maximum Gasteiger partial charge on any atom is 0.321 e. The minimum absolute atomic E-state index is 0.00833. The lowest BCUT2D eigenvalue weighted by Gasteiger charge is -2.15.